The fourth-order valence-electron chi connectivity index (χ4n) is 1.03. The van der Waals surface area contributed by atoms with Crippen molar-refractivity contribution in [3.8, 4) is 11.8 Å². The summed E-state index contributed by atoms with van der Waals surface area (Å²) in [6.45, 7) is 2.71. The van der Waals surface area contributed by atoms with Crippen molar-refractivity contribution >= 4 is 0 Å². The molecule has 0 spiro atoms. The molecule has 0 radical (unpaired) electrons. The first-order valence-electron chi connectivity index (χ1n) is 4.78. The van der Waals surface area contributed by atoms with Crippen LogP contribution in [0.4, 0.5) is 13.2 Å². The first-order valence-corrected chi connectivity index (χ1v) is 4.78. The van der Waals surface area contributed by atoms with E-state index in [-0.39, 0.29) is 6.61 Å². The maximum atomic E-state index is 12.2. The summed E-state index contributed by atoms with van der Waals surface area (Å²) in [5, 5.41) is 0. The van der Waals surface area contributed by atoms with E-state index in [1.807, 2.05) is 6.92 Å². The van der Waals surface area contributed by atoms with E-state index in [0.717, 1.165) is 12.1 Å². The number of hydrogen-bond acceptors (Lipinski definition) is 1. The fourth-order valence-corrected chi connectivity index (χ4v) is 1.03. The number of alkyl halides is 3. The van der Waals surface area contributed by atoms with Gasteiger partial charge in [-0.15, -0.1) is 0 Å². The molecule has 0 unspecified atom stereocenters. The zero-order valence-corrected chi connectivity index (χ0v) is 8.77. The monoisotopic (exact) mass is 228 g/mol. The van der Waals surface area contributed by atoms with Crippen LogP contribution in [-0.4, -0.2) is 13.2 Å². The highest BCUT2D eigenvalue weighted by molar-refractivity contribution is 5.36. The molecule has 86 valence electrons. The number of benzene rings is 1. The predicted octanol–water partition coefficient (Wildman–Crippen LogP) is 3.09. The molecule has 0 saturated heterocycles. The maximum absolute atomic E-state index is 12.2. The van der Waals surface area contributed by atoms with Gasteiger partial charge in [0.25, 0.3) is 0 Å². The lowest BCUT2D eigenvalue weighted by Gasteiger charge is -2.05. The summed E-state index contributed by atoms with van der Waals surface area (Å²) in [6.07, 6.45) is -4.29. The highest BCUT2D eigenvalue weighted by atomic mass is 19.4. The van der Waals surface area contributed by atoms with Crippen molar-refractivity contribution in [2.45, 2.75) is 13.1 Å². The van der Waals surface area contributed by atoms with Crippen molar-refractivity contribution in [2.24, 2.45) is 0 Å². The van der Waals surface area contributed by atoms with Crippen LogP contribution in [0.25, 0.3) is 0 Å². The molecular formula is C12H11F3O. The highest BCUT2D eigenvalue weighted by Crippen LogP contribution is 2.28. The van der Waals surface area contributed by atoms with Crippen LogP contribution in [0.1, 0.15) is 18.1 Å². The summed E-state index contributed by atoms with van der Waals surface area (Å²) < 4.78 is 41.6. The minimum atomic E-state index is -4.29. The Bertz CT molecular complexity index is 381. The molecule has 0 aliphatic heterocycles. The second kappa shape index (κ2) is 5.57. The third-order valence-electron chi connectivity index (χ3n) is 1.82. The largest absolute Gasteiger partial charge is 0.416 e. The van der Waals surface area contributed by atoms with E-state index in [0.29, 0.717) is 12.2 Å². The number of rotatable bonds is 2. The van der Waals surface area contributed by atoms with E-state index in [1.54, 1.807) is 0 Å². The lowest BCUT2D eigenvalue weighted by Crippen LogP contribution is -2.04. The van der Waals surface area contributed by atoms with E-state index in [2.05, 4.69) is 11.8 Å². The van der Waals surface area contributed by atoms with Crippen LogP contribution in [0.3, 0.4) is 0 Å². The number of halogens is 3. The SMILES string of the molecule is CCOCC#Cc1ccc(C(F)(F)F)cc1. The topological polar surface area (TPSA) is 9.23 Å². The maximum Gasteiger partial charge on any atom is 0.416 e. The third kappa shape index (κ3) is 3.95. The summed E-state index contributed by atoms with van der Waals surface area (Å²) in [5.41, 5.74) is -0.115. The summed E-state index contributed by atoms with van der Waals surface area (Å²) in [6, 6.07) is 4.74. The van der Waals surface area contributed by atoms with Crippen LogP contribution in [0.2, 0.25) is 0 Å². The van der Waals surface area contributed by atoms with Gasteiger partial charge in [0.1, 0.15) is 6.61 Å². The second-order valence-electron chi connectivity index (χ2n) is 3.01. The van der Waals surface area contributed by atoms with Crippen molar-refractivity contribution < 1.29 is 17.9 Å². The Morgan fingerprint density at radius 2 is 1.81 bits per heavy atom. The van der Waals surface area contributed by atoms with Gasteiger partial charge in [-0.1, -0.05) is 11.8 Å². The lowest BCUT2D eigenvalue weighted by atomic mass is 10.1. The Morgan fingerprint density at radius 1 is 1.19 bits per heavy atom. The molecule has 0 N–H and O–H groups in total. The summed E-state index contributed by atoms with van der Waals surface area (Å²) in [7, 11) is 0. The lowest BCUT2D eigenvalue weighted by molar-refractivity contribution is -0.137. The molecule has 0 bridgehead atoms. The quantitative estimate of drug-likeness (QED) is 0.558. The Labute approximate surface area is 92.2 Å². The van der Waals surface area contributed by atoms with E-state index in [1.165, 1.54) is 12.1 Å². The van der Waals surface area contributed by atoms with Gasteiger partial charge in [0.15, 0.2) is 0 Å². The van der Waals surface area contributed by atoms with Crippen molar-refractivity contribution in [1.29, 1.82) is 0 Å². The first-order chi connectivity index (χ1) is 7.54. The van der Waals surface area contributed by atoms with Crippen molar-refractivity contribution in [3.63, 3.8) is 0 Å². The molecule has 1 aromatic carbocycles. The Morgan fingerprint density at radius 3 is 2.31 bits per heavy atom. The molecule has 0 fully saturated rings. The van der Waals surface area contributed by atoms with Crippen molar-refractivity contribution in [2.75, 3.05) is 13.2 Å². The molecule has 4 heteroatoms. The minimum absolute atomic E-state index is 0.289. The fraction of sp³-hybridized carbons (Fsp3) is 0.333. The Hall–Kier alpha value is -1.47. The van der Waals surface area contributed by atoms with Gasteiger partial charge >= 0.3 is 6.18 Å². The average molecular weight is 228 g/mol. The summed E-state index contributed by atoms with van der Waals surface area (Å²) in [4.78, 5) is 0. The van der Waals surface area contributed by atoms with Crippen LogP contribution in [0, 0.1) is 11.8 Å². The predicted molar refractivity (Wildman–Crippen MR) is 54.8 cm³/mol. The molecule has 0 aromatic heterocycles. The van der Waals surface area contributed by atoms with Crippen LogP contribution < -0.4 is 0 Å². The van der Waals surface area contributed by atoms with Gasteiger partial charge in [-0.05, 0) is 31.2 Å². The van der Waals surface area contributed by atoms with Crippen LogP contribution in [0.5, 0.6) is 0 Å². The highest BCUT2D eigenvalue weighted by Gasteiger charge is 2.29. The van der Waals surface area contributed by atoms with Gasteiger partial charge in [0, 0.05) is 12.2 Å². The first kappa shape index (κ1) is 12.6. The normalized spacial score (nSPS) is 10.8. The molecule has 0 aliphatic carbocycles. The number of ether oxygens (including phenoxy) is 1. The van der Waals surface area contributed by atoms with E-state index in [9.17, 15) is 13.2 Å². The Kier molecular flexibility index (Phi) is 4.39. The minimum Gasteiger partial charge on any atom is -0.369 e. The van der Waals surface area contributed by atoms with Gasteiger partial charge in [-0.25, -0.2) is 0 Å². The van der Waals surface area contributed by atoms with Crippen LogP contribution in [0.15, 0.2) is 24.3 Å². The van der Waals surface area contributed by atoms with Crippen LogP contribution >= 0.6 is 0 Å². The van der Waals surface area contributed by atoms with Gasteiger partial charge in [0.2, 0.25) is 0 Å². The van der Waals surface area contributed by atoms with E-state index >= 15 is 0 Å². The molecule has 1 nitrogen and oxygen atoms in total. The standard InChI is InChI=1S/C12H11F3O/c1-2-16-9-3-4-10-5-7-11(8-6-10)12(13,14)15/h5-8H,2,9H2,1H3. The van der Waals surface area contributed by atoms with Gasteiger partial charge in [-0.3, -0.25) is 0 Å². The molecule has 0 aliphatic rings. The molecule has 1 rings (SSSR count). The molecule has 0 amide bonds. The Balaban J connectivity index is 2.67. The van der Waals surface area contributed by atoms with Crippen molar-refractivity contribution in [1.82, 2.24) is 0 Å². The smallest absolute Gasteiger partial charge is 0.369 e. The van der Waals surface area contributed by atoms with Gasteiger partial charge in [-0.2, -0.15) is 13.2 Å². The summed E-state index contributed by atoms with van der Waals surface area (Å²) >= 11 is 0. The molecule has 0 atom stereocenters. The molecular weight excluding hydrogens is 217 g/mol. The number of hydrogen-bond donors (Lipinski definition) is 0. The molecule has 0 saturated carbocycles. The zero-order chi connectivity index (χ0) is 12.0. The van der Waals surface area contributed by atoms with E-state index in [4.69, 9.17) is 4.74 Å². The van der Waals surface area contributed by atoms with Gasteiger partial charge < -0.3 is 4.74 Å². The van der Waals surface area contributed by atoms with Gasteiger partial charge in [0.05, 0.1) is 5.56 Å². The molecule has 1 aromatic rings. The zero-order valence-electron chi connectivity index (χ0n) is 8.77. The molecule has 0 heterocycles. The average Bonchev–Trinajstić information content (AvgIpc) is 2.24. The van der Waals surface area contributed by atoms with E-state index < -0.39 is 11.7 Å². The van der Waals surface area contributed by atoms with Crippen molar-refractivity contribution in [3.05, 3.63) is 35.4 Å². The van der Waals surface area contributed by atoms with Crippen LogP contribution in [-0.2, 0) is 10.9 Å². The third-order valence-corrected chi connectivity index (χ3v) is 1.82. The molecule has 16 heavy (non-hydrogen) atoms. The summed E-state index contributed by atoms with van der Waals surface area (Å²) in [5.74, 6) is 5.42. The second-order valence-corrected chi connectivity index (χ2v) is 3.01.